The average Bonchev–Trinajstić information content (AvgIpc) is 3.18. The van der Waals surface area contributed by atoms with Crippen molar-refractivity contribution in [3.63, 3.8) is 0 Å². The first-order chi connectivity index (χ1) is 15.8. The fourth-order valence-electron chi connectivity index (χ4n) is 4.20. The minimum atomic E-state index is -1.56. The summed E-state index contributed by atoms with van der Waals surface area (Å²) in [4.78, 5) is 17.3. The molecule has 192 valence electrons. The summed E-state index contributed by atoms with van der Waals surface area (Å²) in [5.41, 5.74) is 2.92. The van der Waals surface area contributed by atoms with Gasteiger partial charge in [0.15, 0.2) is 0 Å². The number of hydrogen-bond acceptors (Lipinski definition) is 7. The van der Waals surface area contributed by atoms with Crippen molar-refractivity contribution in [2.24, 2.45) is 5.92 Å². The Labute approximate surface area is 211 Å². The predicted molar refractivity (Wildman–Crippen MR) is 140 cm³/mol. The van der Waals surface area contributed by atoms with Gasteiger partial charge < -0.3 is 19.5 Å². The van der Waals surface area contributed by atoms with Crippen LogP contribution < -0.4 is 0 Å². The van der Waals surface area contributed by atoms with Crippen molar-refractivity contribution in [3.8, 4) is 0 Å². The molecule has 6 nitrogen and oxygen atoms in total. The highest BCUT2D eigenvalue weighted by Crippen LogP contribution is 2.32. The third-order valence-corrected chi connectivity index (χ3v) is 9.84. The molecule has 0 saturated carbocycles. The van der Waals surface area contributed by atoms with Crippen LogP contribution in [0.2, 0.25) is 0 Å². The Hall–Kier alpha value is -1.19. The number of nitrogens with zero attached hydrogens (tertiary/aromatic N) is 1. The normalized spacial score (nSPS) is 34.2. The van der Waals surface area contributed by atoms with Gasteiger partial charge >= 0.3 is 5.97 Å². The summed E-state index contributed by atoms with van der Waals surface area (Å²) in [6.07, 6.45) is 4.52. The number of cyclic esters (lactones) is 1. The van der Waals surface area contributed by atoms with Gasteiger partial charge in [-0.05, 0) is 89.5 Å². The van der Waals surface area contributed by atoms with Gasteiger partial charge in [0.25, 0.3) is 0 Å². The Morgan fingerprint density at radius 3 is 2.62 bits per heavy atom. The maximum absolute atomic E-state index is 13.3. The van der Waals surface area contributed by atoms with E-state index in [0.717, 1.165) is 35.5 Å². The number of aromatic nitrogens is 1. The zero-order chi connectivity index (χ0) is 25.6. The molecule has 6 unspecified atom stereocenters. The lowest BCUT2D eigenvalue weighted by Gasteiger charge is -2.38. The summed E-state index contributed by atoms with van der Waals surface area (Å²) in [7, 11) is 0. The van der Waals surface area contributed by atoms with Crippen molar-refractivity contribution in [1.29, 1.82) is 0 Å². The molecule has 2 heterocycles. The largest absolute Gasteiger partial charge is 0.616 e. The van der Waals surface area contributed by atoms with Crippen LogP contribution in [-0.4, -0.2) is 54.0 Å². The highest BCUT2D eigenvalue weighted by molar-refractivity contribution is 7.93. The van der Waals surface area contributed by atoms with Crippen molar-refractivity contribution in [2.45, 2.75) is 109 Å². The van der Waals surface area contributed by atoms with Gasteiger partial charge in [-0.15, -0.1) is 11.3 Å². The van der Waals surface area contributed by atoms with Gasteiger partial charge in [0, 0.05) is 11.8 Å². The number of rotatable bonds is 2. The van der Waals surface area contributed by atoms with E-state index in [2.05, 4.69) is 18.0 Å². The molecule has 1 aliphatic heterocycles. The molecular weight excluding hydrogens is 470 g/mol. The van der Waals surface area contributed by atoms with Crippen molar-refractivity contribution in [1.82, 2.24) is 4.98 Å². The number of carbonyl (C=O) groups is 1. The third kappa shape index (κ3) is 7.92. The van der Waals surface area contributed by atoms with Crippen LogP contribution in [0, 0.1) is 12.8 Å². The van der Waals surface area contributed by atoms with Gasteiger partial charge in [-0.25, -0.2) is 4.98 Å². The molecule has 1 aromatic rings. The summed E-state index contributed by atoms with van der Waals surface area (Å²) in [5.74, 6) is -0.554. The smallest absolute Gasteiger partial charge is 0.309 e. The number of thiazole rings is 1. The quantitative estimate of drug-likeness (QED) is 0.331. The molecule has 2 N–H and O–H groups in total. The van der Waals surface area contributed by atoms with Gasteiger partial charge in [0.05, 0.1) is 17.1 Å². The summed E-state index contributed by atoms with van der Waals surface area (Å²) >= 11 is 0.0101. The van der Waals surface area contributed by atoms with E-state index in [1.165, 1.54) is 5.57 Å². The van der Waals surface area contributed by atoms with E-state index in [4.69, 9.17) is 4.74 Å². The molecule has 0 aliphatic carbocycles. The Kier molecular flexibility index (Phi) is 10.8. The van der Waals surface area contributed by atoms with Crippen LogP contribution in [0.15, 0.2) is 22.6 Å². The van der Waals surface area contributed by atoms with E-state index in [9.17, 15) is 19.6 Å². The predicted octanol–water partition coefficient (Wildman–Crippen LogP) is 4.95. The van der Waals surface area contributed by atoms with Crippen molar-refractivity contribution < 1.29 is 24.3 Å². The molecule has 0 bridgehead atoms. The minimum Gasteiger partial charge on any atom is -0.616 e. The third-order valence-electron chi connectivity index (χ3n) is 6.79. The highest BCUT2D eigenvalue weighted by atomic mass is 32.2. The van der Waals surface area contributed by atoms with E-state index < -0.39 is 45.5 Å². The topological polar surface area (TPSA) is 103 Å². The fourth-order valence-corrected chi connectivity index (χ4v) is 6.60. The zero-order valence-electron chi connectivity index (χ0n) is 21.5. The Bertz CT molecular complexity index is 878. The lowest BCUT2D eigenvalue weighted by molar-refractivity contribution is -0.149. The van der Waals surface area contributed by atoms with E-state index in [1.54, 1.807) is 32.1 Å². The molecule has 0 aromatic carbocycles. The number of aliphatic hydroxyl groups excluding tert-OH is 2. The fraction of sp³-hybridized carbons (Fsp3) is 0.692. The highest BCUT2D eigenvalue weighted by Gasteiger charge is 2.46. The lowest BCUT2D eigenvalue weighted by Crippen LogP contribution is -2.52. The number of aryl methyl sites for hydroxylation is 1. The monoisotopic (exact) mass is 511 g/mol. The lowest BCUT2D eigenvalue weighted by atomic mass is 9.94. The average molecular weight is 512 g/mol. The van der Waals surface area contributed by atoms with Crippen molar-refractivity contribution in [3.05, 3.63) is 33.3 Å². The molecule has 34 heavy (non-hydrogen) atoms. The number of allylic oxidation sites excluding steroid dienone is 1. The first-order valence-corrected chi connectivity index (χ1v) is 14.1. The zero-order valence-corrected chi connectivity index (χ0v) is 23.2. The number of aliphatic hydroxyl groups is 2. The number of esters is 1. The first kappa shape index (κ1) is 29.0. The molecule has 1 aromatic heterocycles. The molecule has 0 fully saturated rings. The summed E-state index contributed by atoms with van der Waals surface area (Å²) in [6, 6.07) is 0. The van der Waals surface area contributed by atoms with Crippen LogP contribution in [-0.2, 0) is 20.7 Å². The molecule has 2 rings (SSSR count). The van der Waals surface area contributed by atoms with Gasteiger partial charge in [-0.1, -0.05) is 18.6 Å². The van der Waals surface area contributed by atoms with Crippen LogP contribution in [0.5, 0.6) is 0 Å². The second kappa shape index (κ2) is 12.7. The van der Waals surface area contributed by atoms with Crippen LogP contribution >= 0.6 is 11.3 Å². The molecule has 0 radical (unpaired) electrons. The first-order valence-electron chi connectivity index (χ1n) is 12.0. The molecule has 8 heteroatoms. The van der Waals surface area contributed by atoms with E-state index >= 15 is 0 Å². The number of carbonyl (C=O) groups excluding carboxylic acids is 1. The molecule has 1 aliphatic rings. The summed E-state index contributed by atoms with van der Waals surface area (Å²) in [6.45, 7) is 13.0. The maximum atomic E-state index is 13.3. The van der Waals surface area contributed by atoms with Crippen molar-refractivity contribution in [2.75, 3.05) is 0 Å². The molecular formula is C26H41NO5S2. The number of hydrogen-bond donors (Lipinski definition) is 2. The molecule has 0 saturated heterocycles. The second-order valence-electron chi connectivity index (χ2n) is 10.1. The van der Waals surface area contributed by atoms with Crippen LogP contribution in [0.3, 0.4) is 0 Å². The van der Waals surface area contributed by atoms with Crippen molar-refractivity contribution >= 4 is 34.6 Å². The minimum absolute atomic E-state index is 0.0166. The Morgan fingerprint density at radius 1 is 1.32 bits per heavy atom. The summed E-state index contributed by atoms with van der Waals surface area (Å²) < 4.78 is 18.0. The Morgan fingerprint density at radius 2 is 2.00 bits per heavy atom. The second-order valence-corrected chi connectivity index (χ2v) is 13.6. The van der Waals surface area contributed by atoms with E-state index in [-0.39, 0.29) is 12.3 Å². The van der Waals surface area contributed by atoms with E-state index in [1.807, 2.05) is 32.2 Å². The van der Waals surface area contributed by atoms with Crippen LogP contribution in [0.1, 0.15) is 84.3 Å². The van der Waals surface area contributed by atoms with Gasteiger partial charge in [-0.3, -0.25) is 4.79 Å². The van der Waals surface area contributed by atoms with Gasteiger partial charge in [0.2, 0.25) is 0 Å². The van der Waals surface area contributed by atoms with Gasteiger partial charge in [-0.2, -0.15) is 0 Å². The molecule has 0 spiro atoms. The molecule has 0 amide bonds. The number of ether oxygens (including phenoxy) is 1. The summed E-state index contributed by atoms with van der Waals surface area (Å²) in [5, 5.41) is 24.1. The Balaban J connectivity index is 2.32. The van der Waals surface area contributed by atoms with Gasteiger partial charge in [0.1, 0.15) is 28.3 Å². The van der Waals surface area contributed by atoms with E-state index in [0.29, 0.717) is 6.42 Å². The van der Waals surface area contributed by atoms with Crippen LogP contribution in [0.4, 0.5) is 0 Å². The standard InChI is InChI=1S/C26H41NO5S2/c1-16-9-8-10-17(2)25(30)19(4)34(31)26(6,7)23(28)14-24(29)32-22(12-11-16)18(3)13-21-15-33-20(5)27-21/h11,13,15,17,19,22-23,25,28,30H,8-10,12,14H2,1-7H3/b16-11-,18-13+. The maximum Gasteiger partial charge on any atom is 0.309 e. The SMILES string of the molecule is C/C1=C/CC(/C(C)=C/c2csc(C)n2)OC(=O)CC(O)C(C)(C)[S+]([O-])C(C)C(O)C(C)CCC1. The molecule has 6 atom stereocenters. The van der Waals surface area contributed by atoms with Crippen LogP contribution in [0.25, 0.3) is 6.08 Å².